The van der Waals surface area contributed by atoms with Gasteiger partial charge in [0.25, 0.3) is 11.5 Å². The van der Waals surface area contributed by atoms with Crippen LogP contribution in [-0.2, 0) is 24.2 Å². The molecule has 0 saturated heterocycles. The van der Waals surface area contributed by atoms with Crippen LogP contribution >= 0.6 is 0 Å². The van der Waals surface area contributed by atoms with Gasteiger partial charge in [0.1, 0.15) is 5.56 Å². The molecule has 1 heterocycles. The second kappa shape index (κ2) is 9.54. The maximum atomic E-state index is 13.1. The maximum absolute atomic E-state index is 13.1. The normalized spacial score (nSPS) is 14.1. The largest absolute Gasteiger partial charge is 0.481 e. The third kappa shape index (κ3) is 4.94. The van der Waals surface area contributed by atoms with Crippen LogP contribution in [0, 0.1) is 0 Å². The van der Waals surface area contributed by atoms with Crippen molar-refractivity contribution >= 4 is 11.9 Å². The van der Waals surface area contributed by atoms with E-state index in [0.717, 1.165) is 49.8 Å². The Kier molecular flexibility index (Phi) is 6.86. The van der Waals surface area contributed by atoms with Crippen molar-refractivity contribution in [2.45, 2.75) is 64.5 Å². The fourth-order valence-corrected chi connectivity index (χ4v) is 3.94. The van der Waals surface area contributed by atoms with Crippen molar-refractivity contribution in [1.82, 2.24) is 9.88 Å². The fourth-order valence-electron chi connectivity index (χ4n) is 3.94. The van der Waals surface area contributed by atoms with Crippen LogP contribution in [0.4, 0.5) is 0 Å². The number of benzene rings is 1. The first kappa shape index (κ1) is 20.8. The van der Waals surface area contributed by atoms with E-state index in [-0.39, 0.29) is 17.5 Å². The van der Waals surface area contributed by atoms with E-state index in [1.165, 1.54) is 0 Å². The SMILES string of the molecule is CCCCn1c2c(cc(C(=O)NC(CC(=O)O)c3ccccc3)c1=O)CCCC2. The van der Waals surface area contributed by atoms with Gasteiger partial charge in [-0.1, -0.05) is 43.7 Å². The van der Waals surface area contributed by atoms with E-state index < -0.39 is 17.9 Å². The fraction of sp³-hybridized carbons (Fsp3) is 0.435. The van der Waals surface area contributed by atoms with Gasteiger partial charge < -0.3 is 15.0 Å². The first-order valence-electron chi connectivity index (χ1n) is 10.3. The number of carbonyl (C=O) groups is 2. The first-order valence-corrected chi connectivity index (χ1v) is 10.3. The van der Waals surface area contributed by atoms with E-state index in [0.29, 0.717) is 12.1 Å². The van der Waals surface area contributed by atoms with Gasteiger partial charge in [0.05, 0.1) is 12.5 Å². The predicted molar refractivity (Wildman–Crippen MR) is 111 cm³/mol. The molecule has 0 saturated carbocycles. The van der Waals surface area contributed by atoms with Crippen LogP contribution < -0.4 is 10.9 Å². The number of carboxylic acids is 1. The molecule has 2 aromatic rings. The number of carbonyl (C=O) groups excluding carboxylic acids is 1. The Morgan fingerprint density at radius 3 is 2.59 bits per heavy atom. The van der Waals surface area contributed by atoms with Gasteiger partial charge in [-0.25, -0.2) is 0 Å². The van der Waals surface area contributed by atoms with Crippen molar-refractivity contribution in [1.29, 1.82) is 0 Å². The number of rotatable bonds is 8. The van der Waals surface area contributed by atoms with Crippen LogP contribution in [-0.4, -0.2) is 21.6 Å². The van der Waals surface area contributed by atoms with Crippen LogP contribution in [0.2, 0.25) is 0 Å². The van der Waals surface area contributed by atoms with Gasteiger partial charge in [-0.05, 0) is 49.3 Å². The van der Waals surface area contributed by atoms with Gasteiger partial charge in [-0.3, -0.25) is 14.4 Å². The zero-order valence-corrected chi connectivity index (χ0v) is 16.8. The summed E-state index contributed by atoms with van der Waals surface area (Å²) in [5, 5.41) is 12.0. The molecule has 6 nitrogen and oxygen atoms in total. The Morgan fingerprint density at radius 2 is 1.90 bits per heavy atom. The van der Waals surface area contributed by atoms with Crippen LogP contribution in [0.25, 0.3) is 0 Å². The van der Waals surface area contributed by atoms with Gasteiger partial charge in [0.15, 0.2) is 0 Å². The highest BCUT2D eigenvalue weighted by molar-refractivity contribution is 5.94. The Hall–Kier alpha value is -2.89. The van der Waals surface area contributed by atoms with Crippen LogP contribution in [0.15, 0.2) is 41.2 Å². The number of hydrogen-bond donors (Lipinski definition) is 2. The highest BCUT2D eigenvalue weighted by atomic mass is 16.4. The molecule has 1 aliphatic carbocycles. The molecule has 6 heteroatoms. The molecule has 0 aliphatic heterocycles. The minimum Gasteiger partial charge on any atom is -0.481 e. The summed E-state index contributed by atoms with van der Waals surface area (Å²) in [5.74, 6) is -1.52. The molecule has 1 unspecified atom stereocenters. The van der Waals surface area contributed by atoms with Gasteiger partial charge in [-0.2, -0.15) is 0 Å². The minimum absolute atomic E-state index is 0.105. The van der Waals surface area contributed by atoms with Crippen molar-refractivity contribution in [2.24, 2.45) is 0 Å². The van der Waals surface area contributed by atoms with Crippen molar-refractivity contribution in [3.8, 4) is 0 Å². The molecule has 1 aliphatic rings. The van der Waals surface area contributed by atoms with Crippen molar-refractivity contribution < 1.29 is 14.7 Å². The maximum Gasteiger partial charge on any atom is 0.305 e. The molecule has 1 aromatic heterocycles. The standard InChI is InChI=1S/C23H28N2O4/c1-2-3-13-25-20-12-8-7-11-17(20)14-18(23(25)29)22(28)24-19(15-21(26)27)16-9-5-4-6-10-16/h4-6,9-10,14,19H,2-3,7-8,11-13,15H2,1H3,(H,24,28)(H,26,27). The van der Waals surface area contributed by atoms with Gasteiger partial charge in [-0.15, -0.1) is 0 Å². The molecule has 29 heavy (non-hydrogen) atoms. The van der Waals surface area contributed by atoms with Crippen molar-refractivity contribution in [3.05, 3.63) is 69.1 Å². The zero-order chi connectivity index (χ0) is 20.8. The summed E-state index contributed by atoms with van der Waals surface area (Å²) >= 11 is 0. The molecule has 3 rings (SSSR count). The molecule has 0 spiro atoms. The minimum atomic E-state index is -1.01. The summed E-state index contributed by atoms with van der Waals surface area (Å²) < 4.78 is 1.77. The number of carboxylic acid groups (broad SMARTS) is 1. The number of nitrogens with one attached hydrogen (secondary N) is 1. The zero-order valence-electron chi connectivity index (χ0n) is 16.8. The van der Waals surface area contributed by atoms with Gasteiger partial charge >= 0.3 is 5.97 Å². The quantitative estimate of drug-likeness (QED) is 0.715. The van der Waals surface area contributed by atoms with E-state index in [2.05, 4.69) is 12.2 Å². The number of aryl methyl sites for hydroxylation is 1. The lowest BCUT2D eigenvalue weighted by Crippen LogP contribution is -2.38. The molecule has 1 atom stereocenters. The molecule has 1 amide bonds. The summed E-state index contributed by atoms with van der Waals surface area (Å²) in [6.45, 7) is 2.68. The summed E-state index contributed by atoms with van der Waals surface area (Å²) in [4.78, 5) is 37.5. The van der Waals surface area contributed by atoms with E-state index in [4.69, 9.17) is 0 Å². The summed E-state index contributed by atoms with van der Waals surface area (Å²) in [5.41, 5.74) is 2.64. The van der Waals surface area contributed by atoms with E-state index in [9.17, 15) is 19.5 Å². The average Bonchev–Trinajstić information content (AvgIpc) is 2.72. The lowest BCUT2D eigenvalue weighted by molar-refractivity contribution is -0.137. The molecule has 154 valence electrons. The average molecular weight is 396 g/mol. The second-order valence-corrected chi connectivity index (χ2v) is 7.58. The number of pyridine rings is 1. The molecule has 0 radical (unpaired) electrons. The highest BCUT2D eigenvalue weighted by Crippen LogP contribution is 2.22. The molecule has 1 aromatic carbocycles. The molecular formula is C23H28N2O4. The predicted octanol–water partition coefficient (Wildman–Crippen LogP) is 3.47. The van der Waals surface area contributed by atoms with Crippen LogP contribution in [0.1, 0.15) is 72.2 Å². The summed E-state index contributed by atoms with van der Waals surface area (Å²) in [6, 6.07) is 10.0. The Balaban J connectivity index is 1.95. The summed E-state index contributed by atoms with van der Waals surface area (Å²) in [7, 11) is 0. The molecule has 0 bridgehead atoms. The van der Waals surface area contributed by atoms with Crippen LogP contribution in [0.3, 0.4) is 0 Å². The molecule has 0 fully saturated rings. The number of amides is 1. The lowest BCUT2D eigenvalue weighted by atomic mass is 9.94. The van der Waals surface area contributed by atoms with Crippen molar-refractivity contribution in [3.63, 3.8) is 0 Å². The van der Waals surface area contributed by atoms with E-state index in [1.807, 2.05) is 6.07 Å². The molecule has 2 N–H and O–H groups in total. The van der Waals surface area contributed by atoms with Crippen molar-refractivity contribution in [2.75, 3.05) is 0 Å². The lowest BCUT2D eigenvalue weighted by Gasteiger charge is -2.23. The topological polar surface area (TPSA) is 88.4 Å². The third-order valence-electron chi connectivity index (χ3n) is 5.47. The van der Waals surface area contributed by atoms with Gasteiger partial charge in [0, 0.05) is 12.2 Å². The second-order valence-electron chi connectivity index (χ2n) is 7.58. The Labute approximate surface area is 170 Å². The monoisotopic (exact) mass is 396 g/mol. The Bertz CT molecular complexity index is 934. The number of fused-ring (bicyclic) bond motifs is 1. The number of aliphatic carboxylic acids is 1. The molecular weight excluding hydrogens is 368 g/mol. The number of nitrogens with zero attached hydrogens (tertiary/aromatic N) is 1. The smallest absolute Gasteiger partial charge is 0.305 e. The summed E-state index contributed by atoms with van der Waals surface area (Å²) in [6.07, 6.45) is 5.42. The Morgan fingerprint density at radius 1 is 1.17 bits per heavy atom. The highest BCUT2D eigenvalue weighted by Gasteiger charge is 2.24. The van der Waals surface area contributed by atoms with E-state index in [1.54, 1.807) is 34.9 Å². The number of unbranched alkanes of at least 4 members (excludes halogenated alkanes) is 1. The van der Waals surface area contributed by atoms with Crippen LogP contribution in [0.5, 0.6) is 0 Å². The van der Waals surface area contributed by atoms with E-state index >= 15 is 0 Å². The third-order valence-corrected chi connectivity index (χ3v) is 5.47. The van der Waals surface area contributed by atoms with Gasteiger partial charge in [0.2, 0.25) is 0 Å². The first-order chi connectivity index (χ1) is 14.0. The number of aromatic nitrogens is 1. The number of hydrogen-bond acceptors (Lipinski definition) is 3.